The van der Waals surface area contributed by atoms with Crippen molar-refractivity contribution in [2.45, 2.75) is 38.1 Å². The van der Waals surface area contributed by atoms with E-state index in [-0.39, 0.29) is 24.0 Å². The molecule has 31 heavy (non-hydrogen) atoms. The molecule has 3 heterocycles. The zero-order valence-electron chi connectivity index (χ0n) is 18.5. The van der Waals surface area contributed by atoms with E-state index in [0.717, 1.165) is 56.5 Å². The van der Waals surface area contributed by atoms with Crippen LogP contribution in [-0.2, 0) is 12.8 Å². The van der Waals surface area contributed by atoms with Gasteiger partial charge in [-0.15, -0.1) is 24.0 Å². The molecular formula is C24H35IN4O2. The summed E-state index contributed by atoms with van der Waals surface area (Å²) in [6.45, 7) is 6.29. The van der Waals surface area contributed by atoms with Crippen LogP contribution < -0.4 is 10.1 Å². The zero-order valence-corrected chi connectivity index (χ0v) is 20.8. The third kappa shape index (κ3) is 6.87. The number of rotatable bonds is 8. The second kappa shape index (κ2) is 12.3. The average molecular weight is 538 g/mol. The summed E-state index contributed by atoms with van der Waals surface area (Å²) >= 11 is 0. The molecule has 1 N–H and O–H groups in total. The molecule has 6 nitrogen and oxygen atoms in total. The third-order valence-electron chi connectivity index (χ3n) is 6.18. The van der Waals surface area contributed by atoms with Crippen LogP contribution in [0.25, 0.3) is 0 Å². The maximum absolute atomic E-state index is 5.46. The minimum absolute atomic E-state index is 0. The Kier molecular flexibility index (Phi) is 9.52. The standard InChI is InChI=1S/C24H34N4O2.HI/c1-29-22-8-6-20(7-9-22)10-13-25-24(26-14-11-23-5-4-18-30-23)28-17-12-21(19-28)27-15-2-3-16-27;/h4-9,18,21H,2-3,10-17,19H2,1H3,(H,25,26);1H. The number of nitrogens with zero attached hydrogens (tertiary/aromatic N) is 3. The first-order chi connectivity index (χ1) is 14.8. The number of aliphatic imine (C=N–C) groups is 1. The Bertz CT molecular complexity index is 788. The molecule has 170 valence electrons. The Morgan fingerprint density at radius 1 is 1.13 bits per heavy atom. The van der Waals surface area contributed by atoms with Crippen molar-refractivity contribution in [2.24, 2.45) is 4.99 Å². The Morgan fingerprint density at radius 3 is 2.65 bits per heavy atom. The lowest BCUT2D eigenvalue weighted by Crippen LogP contribution is -2.43. The van der Waals surface area contributed by atoms with Crippen molar-refractivity contribution in [3.63, 3.8) is 0 Å². The highest BCUT2D eigenvalue weighted by Gasteiger charge is 2.30. The third-order valence-corrected chi connectivity index (χ3v) is 6.18. The van der Waals surface area contributed by atoms with E-state index in [9.17, 15) is 0 Å². The summed E-state index contributed by atoms with van der Waals surface area (Å²) < 4.78 is 10.7. The predicted octanol–water partition coefficient (Wildman–Crippen LogP) is 3.81. The zero-order chi connectivity index (χ0) is 20.6. The van der Waals surface area contributed by atoms with E-state index in [1.807, 2.05) is 24.3 Å². The van der Waals surface area contributed by atoms with Crippen LogP contribution in [0.4, 0.5) is 0 Å². The van der Waals surface area contributed by atoms with E-state index in [0.29, 0.717) is 6.04 Å². The van der Waals surface area contributed by atoms with Crippen molar-refractivity contribution in [2.75, 3.05) is 46.4 Å². The number of ether oxygens (including phenoxy) is 1. The van der Waals surface area contributed by atoms with Gasteiger partial charge >= 0.3 is 0 Å². The van der Waals surface area contributed by atoms with Crippen molar-refractivity contribution in [3.8, 4) is 5.75 Å². The largest absolute Gasteiger partial charge is 0.497 e. The topological polar surface area (TPSA) is 53.2 Å². The second-order valence-electron chi connectivity index (χ2n) is 8.19. The van der Waals surface area contributed by atoms with E-state index in [2.05, 4.69) is 27.2 Å². The number of methoxy groups -OCH3 is 1. The maximum atomic E-state index is 5.46. The summed E-state index contributed by atoms with van der Waals surface area (Å²) in [5.41, 5.74) is 1.30. The highest BCUT2D eigenvalue weighted by atomic mass is 127. The van der Waals surface area contributed by atoms with Crippen molar-refractivity contribution in [1.82, 2.24) is 15.1 Å². The number of hydrogen-bond donors (Lipinski definition) is 1. The van der Waals surface area contributed by atoms with Crippen molar-refractivity contribution in [3.05, 3.63) is 54.0 Å². The summed E-state index contributed by atoms with van der Waals surface area (Å²) in [4.78, 5) is 10.0. The first kappa shape index (κ1) is 23.9. The van der Waals surface area contributed by atoms with Crippen LogP contribution in [0.5, 0.6) is 5.75 Å². The lowest BCUT2D eigenvalue weighted by atomic mass is 10.1. The number of benzene rings is 1. The summed E-state index contributed by atoms with van der Waals surface area (Å²) in [6, 6.07) is 12.9. The molecule has 0 aliphatic carbocycles. The summed E-state index contributed by atoms with van der Waals surface area (Å²) in [5.74, 6) is 2.93. The molecule has 0 spiro atoms. The first-order valence-corrected chi connectivity index (χ1v) is 11.2. The highest BCUT2D eigenvalue weighted by molar-refractivity contribution is 14.0. The quantitative estimate of drug-likeness (QED) is 0.315. The highest BCUT2D eigenvalue weighted by Crippen LogP contribution is 2.20. The molecule has 2 aliphatic heterocycles. The molecule has 0 radical (unpaired) electrons. The molecule has 0 saturated carbocycles. The molecular weight excluding hydrogens is 503 g/mol. The van der Waals surface area contributed by atoms with Gasteiger partial charge in [0.15, 0.2) is 5.96 Å². The molecule has 2 fully saturated rings. The van der Waals surface area contributed by atoms with Crippen LogP contribution >= 0.6 is 24.0 Å². The number of hydrogen-bond acceptors (Lipinski definition) is 4. The second-order valence-corrected chi connectivity index (χ2v) is 8.19. The fourth-order valence-corrected chi connectivity index (χ4v) is 4.44. The molecule has 2 saturated heterocycles. The van der Waals surface area contributed by atoms with Gasteiger partial charge in [0.25, 0.3) is 0 Å². The minimum Gasteiger partial charge on any atom is -0.497 e. The van der Waals surface area contributed by atoms with Crippen molar-refractivity contribution >= 4 is 29.9 Å². The molecule has 0 bridgehead atoms. The molecule has 1 atom stereocenters. The van der Waals surface area contributed by atoms with E-state index in [4.69, 9.17) is 14.1 Å². The molecule has 2 aliphatic rings. The fourth-order valence-electron chi connectivity index (χ4n) is 4.44. The van der Waals surface area contributed by atoms with Gasteiger partial charge in [0.05, 0.1) is 13.4 Å². The Balaban J connectivity index is 0.00000272. The van der Waals surface area contributed by atoms with Crippen molar-refractivity contribution < 1.29 is 9.15 Å². The fraction of sp³-hybridized carbons (Fsp3) is 0.542. The lowest BCUT2D eigenvalue weighted by molar-refractivity contribution is 0.249. The minimum atomic E-state index is 0. The molecule has 1 aromatic carbocycles. The predicted molar refractivity (Wildman–Crippen MR) is 136 cm³/mol. The normalized spacial score (nSPS) is 19.5. The van der Waals surface area contributed by atoms with Gasteiger partial charge in [-0.25, -0.2) is 0 Å². The molecule has 2 aromatic rings. The van der Waals surface area contributed by atoms with Gasteiger partial charge in [0, 0.05) is 38.6 Å². The van der Waals surface area contributed by atoms with Crippen molar-refractivity contribution in [1.29, 1.82) is 0 Å². The Labute approximate surface area is 203 Å². The van der Waals surface area contributed by atoms with Gasteiger partial charge in [-0.2, -0.15) is 0 Å². The smallest absolute Gasteiger partial charge is 0.194 e. The number of halogens is 1. The Hall–Kier alpha value is -1.74. The Morgan fingerprint density at radius 2 is 1.94 bits per heavy atom. The van der Waals surface area contributed by atoms with E-state index < -0.39 is 0 Å². The van der Waals surface area contributed by atoms with Gasteiger partial charge in [0.1, 0.15) is 11.5 Å². The van der Waals surface area contributed by atoms with Crippen LogP contribution in [0.15, 0.2) is 52.1 Å². The average Bonchev–Trinajstić information content (AvgIpc) is 3.55. The number of furan rings is 1. The number of nitrogens with one attached hydrogen (secondary N) is 1. The van der Waals surface area contributed by atoms with Crippen LogP contribution in [0, 0.1) is 0 Å². The van der Waals surface area contributed by atoms with E-state index >= 15 is 0 Å². The summed E-state index contributed by atoms with van der Waals surface area (Å²) in [6.07, 6.45) is 7.46. The molecule has 1 aromatic heterocycles. The van der Waals surface area contributed by atoms with E-state index in [1.165, 1.54) is 37.9 Å². The van der Waals surface area contributed by atoms with Gasteiger partial charge in [-0.05, 0) is 68.6 Å². The molecule has 7 heteroatoms. The van der Waals surface area contributed by atoms with E-state index in [1.54, 1.807) is 13.4 Å². The monoisotopic (exact) mass is 538 g/mol. The molecule has 4 rings (SSSR count). The molecule has 0 amide bonds. The van der Waals surface area contributed by atoms with Gasteiger partial charge in [-0.3, -0.25) is 9.89 Å². The van der Waals surface area contributed by atoms with Crippen LogP contribution in [0.2, 0.25) is 0 Å². The maximum Gasteiger partial charge on any atom is 0.194 e. The SMILES string of the molecule is COc1ccc(CCNC(=NCCc2ccco2)N2CCC(N3CCCC3)C2)cc1.I. The lowest BCUT2D eigenvalue weighted by Gasteiger charge is -2.25. The number of guanidine groups is 1. The van der Waals surface area contributed by atoms with Gasteiger partial charge in [0.2, 0.25) is 0 Å². The van der Waals surface area contributed by atoms with Gasteiger partial charge < -0.3 is 19.4 Å². The number of likely N-dealkylation sites (tertiary alicyclic amines) is 2. The van der Waals surface area contributed by atoms with Crippen LogP contribution in [0.3, 0.4) is 0 Å². The summed E-state index contributed by atoms with van der Waals surface area (Å²) in [7, 11) is 1.70. The van der Waals surface area contributed by atoms with Crippen LogP contribution in [0.1, 0.15) is 30.6 Å². The molecule has 1 unspecified atom stereocenters. The van der Waals surface area contributed by atoms with Crippen LogP contribution in [-0.4, -0.2) is 68.2 Å². The summed E-state index contributed by atoms with van der Waals surface area (Å²) in [5, 5.41) is 3.63. The van der Waals surface area contributed by atoms with Gasteiger partial charge in [-0.1, -0.05) is 12.1 Å². The first-order valence-electron chi connectivity index (χ1n) is 11.2.